The number of fused-ring (bicyclic) bond motifs is 1. The summed E-state index contributed by atoms with van der Waals surface area (Å²) in [4.78, 5) is 10.6. The van der Waals surface area contributed by atoms with Crippen molar-refractivity contribution in [2.75, 3.05) is 63.2 Å². The zero-order chi connectivity index (χ0) is 21.4. The molecule has 0 bridgehead atoms. The minimum absolute atomic E-state index is 0.166. The van der Waals surface area contributed by atoms with E-state index in [-0.39, 0.29) is 5.82 Å². The van der Waals surface area contributed by atoms with E-state index < -0.39 is 0 Å². The Bertz CT molecular complexity index is 1050. The number of hydrogen-bond donors (Lipinski definition) is 1. The Labute approximate surface area is 183 Å². The monoisotopic (exact) mass is 422 g/mol. The molecule has 0 aliphatic carbocycles. The van der Waals surface area contributed by atoms with Gasteiger partial charge in [0, 0.05) is 62.1 Å². The van der Waals surface area contributed by atoms with Crippen molar-refractivity contribution in [3.05, 3.63) is 54.0 Å². The van der Waals surface area contributed by atoms with Gasteiger partial charge >= 0.3 is 0 Å². The van der Waals surface area contributed by atoms with Gasteiger partial charge in [0.25, 0.3) is 0 Å². The van der Waals surface area contributed by atoms with Crippen LogP contribution >= 0.6 is 0 Å². The van der Waals surface area contributed by atoms with Gasteiger partial charge < -0.3 is 24.4 Å². The minimum Gasteiger partial charge on any atom is -0.495 e. The van der Waals surface area contributed by atoms with Crippen LogP contribution in [0.2, 0.25) is 0 Å². The number of piperidine rings is 1. The molecule has 2 aliphatic rings. The highest BCUT2D eigenvalue weighted by atomic mass is 19.1. The number of anilines is 2. The Morgan fingerprint density at radius 1 is 0.935 bits per heavy atom. The second-order valence-electron chi connectivity index (χ2n) is 8.84. The number of rotatable bonds is 4. The second kappa shape index (κ2) is 8.42. The molecule has 2 aromatic carbocycles. The van der Waals surface area contributed by atoms with Crippen LogP contribution in [0, 0.1) is 5.82 Å². The summed E-state index contributed by atoms with van der Waals surface area (Å²) < 4.78 is 19.5. The number of nitrogens with one attached hydrogen (secondary N) is 1. The fourth-order valence-corrected chi connectivity index (χ4v) is 5.07. The molecule has 1 N–H and O–H groups in total. The molecule has 31 heavy (non-hydrogen) atoms. The molecule has 0 amide bonds. The largest absolute Gasteiger partial charge is 0.495 e. The van der Waals surface area contributed by atoms with Gasteiger partial charge in [0.2, 0.25) is 0 Å². The maximum absolute atomic E-state index is 13.8. The number of piperazine rings is 1. The number of methoxy groups -OCH3 is 1. The second-order valence-corrected chi connectivity index (χ2v) is 8.84. The van der Waals surface area contributed by atoms with Gasteiger partial charge in [-0.05, 0) is 67.8 Å². The Hall–Kier alpha value is -2.73. The molecule has 2 saturated heterocycles. The normalized spacial score (nSPS) is 18.7. The van der Waals surface area contributed by atoms with E-state index in [1.807, 2.05) is 6.07 Å². The predicted octanol–water partition coefficient (Wildman–Crippen LogP) is 4.45. The summed E-state index contributed by atoms with van der Waals surface area (Å²) in [5, 5.41) is 1.03. The molecule has 164 valence electrons. The molecule has 0 radical (unpaired) electrons. The summed E-state index contributed by atoms with van der Waals surface area (Å²) in [5.74, 6) is 1.24. The van der Waals surface area contributed by atoms with E-state index >= 15 is 0 Å². The van der Waals surface area contributed by atoms with Crippen molar-refractivity contribution in [2.24, 2.45) is 0 Å². The highest BCUT2D eigenvalue weighted by molar-refractivity contribution is 5.83. The van der Waals surface area contributed by atoms with Gasteiger partial charge in [0.1, 0.15) is 11.6 Å². The highest BCUT2D eigenvalue weighted by Crippen LogP contribution is 2.38. The number of likely N-dealkylation sites (N-methyl/N-ethyl adjacent to an activating group) is 1. The average Bonchev–Trinajstić information content (AvgIpc) is 3.22. The third kappa shape index (κ3) is 3.97. The maximum Gasteiger partial charge on any atom is 0.142 e. The quantitative estimate of drug-likeness (QED) is 0.674. The third-order valence-electron chi connectivity index (χ3n) is 6.98. The number of aromatic nitrogens is 1. The van der Waals surface area contributed by atoms with Crippen molar-refractivity contribution in [1.29, 1.82) is 0 Å². The fourth-order valence-electron chi connectivity index (χ4n) is 5.07. The zero-order valence-corrected chi connectivity index (χ0v) is 18.4. The molecule has 6 heteroatoms. The molecule has 5 rings (SSSR count). The van der Waals surface area contributed by atoms with E-state index in [9.17, 15) is 4.39 Å². The molecular formula is C25H31FN4O. The van der Waals surface area contributed by atoms with Crippen LogP contribution in [0.4, 0.5) is 15.8 Å². The van der Waals surface area contributed by atoms with Crippen molar-refractivity contribution < 1.29 is 9.13 Å². The lowest BCUT2D eigenvalue weighted by Gasteiger charge is -2.37. The van der Waals surface area contributed by atoms with Crippen molar-refractivity contribution in [1.82, 2.24) is 9.88 Å². The average molecular weight is 423 g/mol. The lowest BCUT2D eigenvalue weighted by Crippen LogP contribution is -2.44. The number of aromatic amines is 1. The first kappa shape index (κ1) is 20.2. The van der Waals surface area contributed by atoms with Crippen LogP contribution in [0.3, 0.4) is 0 Å². The SMILES string of the molecule is COc1ccc(N2CCC(c3c[nH]c4ccc(F)cc34)CC2)cc1N1CCN(C)CC1. The van der Waals surface area contributed by atoms with Crippen molar-refractivity contribution >= 4 is 22.3 Å². The molecule has 3 aromatic rings. The molecular weight excluding hydrogens is 391 g/mol. The van der Waals surface area contributed by atoms with Gasteiger partial charge in [0.15, 0.2) is 0 Å². The van der Waals surface area contributed by atoms with Crippen molar-refractivity contribution in [2.45, 2.75) is 18.8 Å². The molecule has 1 aromatic heterocycles. The van der Waals surface area contributed by atoms with Crippen LogP contribution in [0.25, 0.3) is 10.9 Å². The molecule has 2 fully saturated rings. The highest BCUT2D eigenvalue weighted by Gasteiger charge is 2.25. The topological polar surface area (TPSA) is 34.7 Å². The van der Waals surface area contributed by atoms with Gasteiger partial charge in [0.05, 0.1) is 12.8 Å². The van der Waals surface area contributed by atoms with Crippen LogP contribution in [-0.2, 0) is 0 Å². The number of benzene rings is 2. The van der Waals surface area contributed by atoms with E-state index in [4.69, 9.17) is 4.74 Å². The van der Waals surface area contributed by atoms with E-state index in [0.29, 0.717) is 5.92 Å². The van der Waals surface area contributed by atoms with E-state index in [1.165, 1.54) is 23.0 Å². The lowest BCUT2D eigenvalue weighted by atomic mass is 9.89. The molecule has 0 spiro atoms. The molecule has 3 heterocycles. The third-order valence-corrected chi connectivity index (χ3v) is 6.98. The Balaban J connectivity index is 1.32. The van der Waals surface area contributed by atoms with Gasteiger partial charge in [-0.15, -0.1) is 0 Å². The van der Waals surface area contributed by atoms with Crippen molar-refractivity contribution in [3.8, 4) is 5.75 Å². The van der Waals surface area contributed by atoms with Crippen LogP contribution in [0.5, 0.6) is 5.75 Å². The van der Waals surface area contributed by atoms with Crippen LogP contribution in [-0.4, -0.2) is 63.3 Å². The number of ether oxygens (including phenoxy) is 1. The van der Waals surface area contributed by atoms with E-state index in [2.05, 4.69) is 51.1 Å². The number of nitrogens with zero attached hydrogens (tertiary/aromatic N) is 3. The first-order chi connectivity index (χ1) is 15.1. The number of H-pyrrole nitrogens is 1. The van der Waals surface area contributed by atoms with Crippen LogP contribution in [0.15, 0.2) is 42.6 Å². The van der Waals surface area contributed by atoms with Gasteiger partial charge in [-0.25, -0.2) is 4.39 Å². The van der Waals surface area contributed by atoms with Crippen LogP contribution in [0.1, 0.15) is 24.3 Å². The van der Waals surface area contributed by atoms with Crippen LogP contribution < -0.4 is 14.5 Å². The fraction of sp³-hybridized carbons (Fsp3) is 0.440. The Kier molecular flexibility index (Phi) is 5.48. The number of halogens is 1. The predicted molar refractivity (Wildman–Crippen MR) is 125 cm³/mol. The summed E-state index contributed by atoms with van der Waals surface area (Å²) in [6, 6.07) is 11.6. The first-order valence-electron chi connectivity index (χ1n) is 11.3. The van der Waals surface area contributed by atoms with E-state index in [1.54, 1.807) is 13.2 Å². The lowest BCUT2D eigenvalue weighted by molar-refractivity contribution is 0.311. The van der Waals surface area contributed by atoms with Crippen molar-refractivity contribution in [3.63, 3.8) is 0 Å². The molecule has 5 nitrogen and oxygen atoms in total. The smallest absolute Gasteiger partial charge is 0.142 e. The molecule has 0 atom stereocenters. The Morgan fingerprint density at radius 2 is 1.71 bits per heavy atom. The van der Waals surface area contributed by atoms with Gasteiger partial charge in [-0.3, -0.25) is 0 Å². The zero-order valence-electron chi connectivity index (χ0n) is 18.4. The standard InChI is InChI=1S/C25H31FN4O/c1-28-11-13-30(14-12-28)24-16-20(4-6-25(24)31-2)29-9-7-18(8-10-29)22-17-27-23-5-3-19(26)15-21(22)23/h3-6,15-18,27H,7-14H2,1-2H3. The summed E-state index contributed by atoms with van der Waals surface area (Å²) in [5.41, 5.74) is 4.73. The van der Waals surface area contributed by atoms with Gasteiger partial charge in [-0.2, -0.15) is 0 Å². The summed E-state index contributed by atoms with van der Waals surface area (Å²) in [6.45, 7) is 6.20. The van der Waals surface area contributed by atoms with E-state index in [0.717, 1.165) is 68.8 Å². The first-order valence-corrected chi connectivity index (χ1v) is 11.3. The summed E-state index contributed by atoms with van der Waals surface area (Å²) in [7, 11) is 3.93. The summed E-state index contributed by atoms with van der Waals surface area (Å²) in [6.07, 6.45) is 4.21. The molecule has 0 saturated carbocycles. The Morgan fingerprint density at radius 3 is 2.45 bits per heavy atom. The molecule has 2 aliphatic heterocycles. The minimum atomic E-state index is -0.166. The summed E-state index contributed by atoms with van der Waals surface area (Å²) >= 11 is 0. The molecule has 0 unspecified atom stereocenters. The maximum atomic E-state index is 13.8. The van der Waals surface area contributed by atoms with Gasteiger partial charge in [-0.1, -0.05) is 0 Å². The number of hydrogen-bond acceptors (Lipinski definition) is 4.